The molecule has 1 N–H and O–H groups in total. The first-order valence-electron chi connectivity index (χ1n) is 9.39. The number of amides is 1. The van der Waals surface area contributed by atoms with Crippen LogP contribution in [0.3, 0.4) is 0 Å². The molecule has 0 unspecified atom stereocenters. The summed E-state index contributed by atoms with van der Waals surface area (Å²) in [4.78, 5) is 27.6. The van der Waals surface area contributed by atoms with Gasteiger partial charge in [-0.3, -0.25) is 19.1 Å². The molecule has 1 aliphatic rings. The van der Waals surface area contributed by atoms with Crippen molar-refractivity contribution in [2.24, 2.45) is 13.0 Å². The first kappa shape index (κ1) is 21.9. The van der Waals surface area contributed by atoms with Crippen LogP contribution in [0.2, 0.25) is 0 Å². The lowest BCUT2D eigenvalue weighted by molar-refractivity contribution is -0.122. The van der Waals surface area contributed by atoms with E-state index < -0.39 is 5.56 Å². The van der Waals surface area contributed by atoms with Crippen LogP contribution in [0.5, 0.6) is 0 Å². The number of thiocarbonyl (C=S) groups is 1. The molecule has 7 nitrogen and oxygen atoms in total. The Bertz CT molecular complexity index is 1120. The van der Waals surface area contributed by atoms with Crippen molar-refractivity contribution in [3.8, 4) is 6.07 Å². The third-order valence-corrected chi connectivity index (χ3v) is 6.08. The van der Waals surface area contributed by atoms with Gasteiger partial charge >= 0.3 is 0 Å². The van der Waals surface area contributed by atoms with E-state index >= 15 is 0 Å². The molecular formula is C21H22N4O3S2. The Morgan fingerprint density at radius 3 is 2.73 bits per heavy atom. The van der Waals surface area contributed by atoms with E-state index in [9.17, 15) is 14.9 Å². The van der Waals surface area contributed by atoms with Crippen molar-refractivity contribution in [2.45, 2.75) is 27.3 Å². The third kappa shape index (κ3) is 4.20. The van der Waals surface area contributed by atoms with Crippen molar-refractivity contribution >= 4 is 46.1 Å². The van der Waals surface area contributed by atoms with Gasteiger partial charge in [-0.1, -0.05) is 37.8 Å². The molecule has 156 valence electrons. The van der Waals surface area contributed by atoms with Crippen molar-refractivity contribution in [1.29, 1.82) is 5.26 Å². The van der Waals surface area contributed by atoms with Crippen LogP contribution in [0.25, 0.3) is 6.08 Å². The van der Waals surface area contributed by atoms with Crippen molar-refractivity contribution in [2.75, 3.05) is 11.9 Å². The summed E-state index contributed by atoms with van der Waals surface area (Å²) in [5, 5.41) is 12.7. The van der Waals surface area contributed by atoms with Gasteiger partial charge in [0.05, 0.1) is 17.7 Å². The van der Waals surface area contributed by atoms with Crippen LogP contribution in [0.1, 0.15) is 36.3 Å². The summed E-state index contributed by atoms with van der Waals surface area (Å²) in [6, 6.07) is 5.58. The first-order valence-corrected chi connectivity index (χ1v) is 10.6. The second kappa shape index (κ2) is 8.90. The Balaban J connectivity index is 2.08. The smallest absolute Gasteiger partial charge is 0.270 e. The van der Waals surface area contributed by atoms with Crippen molar-refractivity contribution in [3.05, 3.63) is 56.1 Å². The SMILES string of the molecule is Cc1c(/C=C2\SC(=S)N(CC(C)C)C2=O)c(NCc2ccco2)n(C)c(=O)c1C#N. The number of carbonyl (C=O) groups is 1. The number of aromatic nitrogens is 1. The Labute approximate surface area is 184 Å². The molecule has 3 heterocycles. The van der Waals surface area contributed by atoms with E-state index in [1.807, 2.05) is 26.0 Å². The molecule has 0 spiro atoms. The van der Waals surface area contributed by atoms with Gasteiger partial charge in [0.15, 0.2) is 0 Å². The molecule has 1 aliphatic heterocycles. The van der Waals surface area contributed by atoms with Gasteiger partial charge in [-0.15, -0.1) is 0 Å². The van der Waals surface area contributed by atoms with Gasteiger partial charge in [-0.25, -0.2) is 0 Å². The van der Waals surface area contributed by atoms with Crippen LogP contribution >= 0.6 is 24.0 Å². The van der Waals surface area contributed by atoms with Crippen molar-refractivity contribution in [1.82, 2.24) is 9.47 Å². The number of furan rings is 1. The van der Waals surface area contributed by atoms with Gasteiger partial charge in [0, 0.05) is 19.2 Å². The third-order valence-electron chi connectivity index (χ3n) is 4.71. The van der Waals surface area contributed by atoms with Crippen LogP contribution in [0.4, 0.5) is 5.82 Å². The average molecular weight is 443 g/mol. The Kier molecular flexibility index (Phi) is 6.48. The van der Waals surface area contributed by atoms with Gasteiger partial charge < -0.3 is 9.73 Å². The molecule has 1 saturated heterocycles. The van der Waals surface area contributed by atoms with Crippen LogP contribution in [-0.4, -0.2) is 26.2 Å². The molecule has 0 saturated carbocycles. The van der Waals surface area contributed by atoms with Gasteiger partial charge in [-0.05, 0) is 36.6 Å². The second-order valence-electron chi connectivity index (χ2n) is 7.36. The zero-order valence-electron chi connectivity index (χ0n) is 17.2. The number of nitrogens with zero attached hydrogens (tertiary/aromatic N) is 3. The normalized spacial score (nSPS) is 15.3. The molecule has 1 fully saturated rings. The number of nitriles is 1. The highest BCUT2D eigenvalue weighted by Crippen LogP contribution is 2.35. The molecule has 9 heteroatoms. The minimum absolute atomic E-state index is 0.0463. The maximum atomic E-state index is 12.9. The monoisotopic (exact) mass is 442 g/mol. The average Bonchev–Trinajstić information content (AvgIpc) is 3.30. The van der Waals surface area contributed by atoms with E-state index in [2.05, 4.69) is 5.32 Å². The fraction of sp³-hybridized carbons (Fsp3) is 0.333. The minimum Gasteiger partial charge on any atom is -0.467 e. The highest BCUT2D eigenvalue weighted by atomic mass is 32.2. The Hall–Kier alpha value is -2.83. The van der Waals surface area contributed by atoms with Gasteiger partial charge in [0.25, 0.3) is 11.5 Å². The van der Waals surface area contributed by atoms with Gasteiger partial charge in [-0.2, -0.15) is 5.26 Å². The van der Waals surface area contributed by atoms with Crippen LogP contribution < -0.4 is 10.9 Å². The van der Waals surface area contributed by atoms with E-state index in [-0.39, 0.29) is 17.4 Å². The molecule has 0 bridgehead atoms. The number of anilines is 1. The van der Waals surface area contributed by atoms with E-state index in [1.54, 1.807) is 37.3 Å². The molecule has 0 radical (unpaired) electrons. The molecule has 30 heavy (non-hydrogen) atoms. The lowest BCUT2D eigenvalue weighted by Gasteiger charge is -2.18. The Morgan fingerprint density at radius 1 is 1.40 bits per heavy atom. The molecular weight excluding hydrogens is 420 g/mol. The number of pyridine rings is 1. The lowest BCUT2D eigenvalue weighted by Crippen LogP contribution is -2.31. The maximum Gasteiger partial charge on any atom is 0.270 e. The fourth-order valence-electron chi connectivity index (χ4n) is 3.18. The zero-order chi connectivity index (χ0) is 22.0. The van der Waals surface area contributed by atoms with Crippen molar-refractivity contribution < 1.29 is 9.21 Å². The number of nitrogens with one attached hydrogen (secondary N) is 1. The second-order valence-corrected chi connectivity index (χ2v) is 9.03. The quantitative estimate of drug-likeness (QED) is 0.539. The molecule has 0 atom stereocenters. The Morgan fingerprint density at radius 2 is 2.13 bits per heavy atom. The number of thioether (sulfide) groups is 1. The lowest BCUT2D eigenvalue weighted by atomic mass is 10.0. The molecule has 2 aromatic heterocycles. The number of carbonyl (C=O) groups excluding carboxylic acids is 1. The highest BCUT2D eigenvalue weighted by molar-refractivity contribution is 8.26. The van der Waals surface area contributed by atoms with E-state index in [0.29, 0.717) is 45.0 Å². The summed E-state index contributed by atoms with van der Waals surface area (Å²) in [6.45, 7) is 6.64. The summed E-state index contributed by atoms with van der Waals surface area (Å²) in [6.07, 6.45) is 3.28. The molecule has 2 aromatic rings. The number of rotatable bonds is 6. The summed E-state index contributed by atoms with van der Waals surface area (Å²) in [5.41, 5.74) is 0.758. The highest BCUT2D eigenvalue weighted by Gasteiger charge is 2.33. The fourth-order valence-corrected chi connectivity index (χ4v) is 4.44. The zero-order valence-corrected chi connectivity index (χ0v) is 18.8. The molecule has 0 aromatic carbocycles. The van der Waals surface area contributed by atoms with Crippen LogP contribution in [0.15, 0.2) is 32.5 Å². The topological polar surface area (TPSA) is 91.3 Å². The largest absolute Gasteiger partial charge is 0.467 e. The number of hydrogen-bond donors (Lipinski definition) is 1. The predicted molar refractivity (Wildman–Crippen MR) is 122 cm³/mol. The summed E-state index contributed by atoms with van der Waals surface area (Å²) in [5.74, 6) is 1.31. The maximum absolute atomic E-state index is 12.9. The summed E-state index contributed by atoms with van der Waals surface area (Å²) < 4.78 is 7.25. The standard InChI is InChI=1S/C21H22N4O3S2/c1-12(2)11-25-20(27)17(30-21(25)29)8-15-13(3)16(9-22)19(26)24(4)18(15)23-10-14-6-5-7-28-14/h5-8,12,23H,10-11H2,1-4H3/b17-8-. The molecule has 0 aliphatic carbocycles. The molecule has 3 rings (SSSR count). The predicted octanol–water partition coefficient (Wildman–Crippen LogP) is 3.63. The van der Waals surface area contributed by atoms with Gasteiger partial charge in [0.1, 0.15) is 27.5 Å². The van der Waals surface area contributed by atoms with Crippen molar-refractivity contribution in [3.63, 3.8) is 0 Å². The first-order chi connectivity index (χ1) is 14.2. The van der Waals surface area contributed by atoms with E-state index in [0.717, 1.165) is 0 Å². The van der Waals surface area contributed by atoms with Crippen LogP contribution in [0, 0.1) is 24.2 Å². The van der Waals surface area contributed by atoms with Gasteiger partial charge in [0.2, 0.25) is 0 Å². The van der Waals surface area contributed by atoms with E-state index in [4.69, 9.17) is 16.6 Å². The number of hydrogen-bond acceptors (Lipinski definition) is 7. The summed E-state index contributed by atoms with van der Waals surface area (Å²) >= 11 is 6.61. The summed E-state index contributed by atoms with van der Waals surface area (Å²) in [7, 11) is 1.59. The minimum atomic E-state index is -0.401. The molecule has 1 amide bonds. The van der Waals surface area contributed by atoms with Crippen LogP contribution in [-0.2, 0) is 18.4 Å². The van der Waals surface area contributed by atoms with E-state index in [1.165, 1.54) is 16.3 Å².